The Hall–Kier alpha value is -0.450. The van der Waals surface area contributed by atoms with E-state index < -0.39 is 0 Å². The second kappa shape index (κ2) is 6.33. The van der Waals surface area contributed by atoms with Crippen molar-refractivity contribution in [2.75, 3.05) is 13.6 Å². The molecule has 1 aromatic heterocycles. The number of nitrogens with two attached hydrogens (primary N) is 1. The Morgan fingerprint density at radius 2 is 2.16 bits per heavy atom. The average molecular weight is 281 g/mol. The van der Waals surface area contributed by atoms with Crippen LogP contribution in [0.5, 0.6) is 0 Å². The summed E-state index contributed by atoms with van der Waals surface area (Å²) in [5.41, 5.74) is 9.49. The van der Waals surface area contributed by atoms with Crippen LogP contribution in [-0.4, -0.2) is 29.5 Å². The van der Waals surface area contributed by atoms with Crippen molar-refractivity contribution in [1.82, 2.24) is 9.88 Å². The Morgan fingerprint density at radius 1 is 1.42 bits per heavy atom. The lowest BCUT2D eigenvalue weighted by Gasteiger charge is -2.39. The maximum absolute atomic E-state index is 6.37. The number of aromatic nitrogens is 1. The van der Waals surface area contributed by atoms with Gasteiger partial charge in [0.1, 0.15) is 0 Å². The van der Waals surface area contributed by atoms with E-state index in [1.165, 1.54) is 23.4 Å². The van der Waals surface area contributed by atoms with Gasteiger partial charge in [0.05, 0.1) is 11.2 Å². The molecule has 0 radical (unpaired) electrons. The summed E-state index contributed by atoms with van der Waals surface area (Å²) in [6.07, 6.45) is 2.51. The number of hydrogen-bond acceptors (Lipinski definition) is 4. The van der Waals surface area contributed by atoms with Gasteiger partial charge in [0.15, 0.2) is 0 Å². The van der Waals surface area contributed by atoms with Gasteiger partial charge in [-0.05, 0) is 44.6 Å². The van der Waals surface area contributed by atoms with E-state index in [0.29, 0.717) is 12.0 Å². The minimum absolute atomic E-state index is 0.365. The predicted molar refractivity (Wildman–Crippen MR) is 82.2 cm³/mol. The molecule has 4 atom stereocenters. The third-order valence-corrected chi connectivity index (χ3v) is 5.43. The van der Waals surface area contributed by atoms with Crippen LogP contribution in [0.15, 0.2) is 5.51 Å². The molecular weight excluding hydrogens is 254 g/mol. The SMILES string of the molecule is Cc1ncsc1CN(C)CC1C(C)CC(C)CC1N. The lowest BCUT2D eigenvalue weighted by molar-refractivity contribution is 0.128. The molecule has 2 N–H and O–H groups in total. The molecule has 0 aromatic carbocycles. The van der Waals surface area contributed by atoms with Gasteiger partial charge in [0.2, 0.25) is 0 Å². The van der Waals surface area contributed by atoms with Gasteiger partial charge in [0, 0.05) is 24.0 Å². The van der Waals surface area contributed by atoms with Crippen LogP contribution in [0, 0.1) is 24.7 Å². The van der Waals surface area contributed by atoms with Crippen LogP contribution < -0.4 is 5.73 Å². The summed E-state index contributed by atoms with van der Waals surface area (Å²) in [5, 5.41) is 0. The summed E-state index contributed by atoms with van der Waals surface area (Å²) < 4.78 is 0. The van der Waals surface area contributed by atoms with Gasteiger partial charge >= 0.3 is 0 Å². The van der Waals surface area contributed by atoms with Crippen LogP contribution in [-0.2, 0) is 6.54 Å². The van der Waals surface area contributed by atoms with Gasteiger partial charge in [-0.15, -0.1) is 11.3 Å². The zero-order valence-electron chi connectivity index (χ0n) is 12.6. The largest absolute Gasteiger partial charge is 0.327 e. The number of nitrogens with zero attached hydrogens (tertiary/aromatic N) is 2. The first-order chi connectivity index (χ1) is 8.97. The first-order valence-corrected chi connectivity index (χ1v) is 8.18. The Balaban J connectivity index is 1.91. The van der Waals surface area contributed by atoms with Crippen LogP contribution in [0.3, 0.4) is 0 Å². The van der Waals surface area contributed by atoms with E-state index in [1.807, 2.05) is 5.51 Å². The Bertz CT molecular complexity index is 392. The van der Waals surface area contributed by atoms with E-state index >= 15 is 0 Å². The number of thiazole rings is 1. The third-order valence-electron chi connectivity index (χ3n) is 4.51. The van der Waals surface area contributed by atoms with E-state index in [2.05, 4.69) is 37.7 Å². The molecule has 1 aliphatic rings. The van der Waals surface area contributed by atoms with Crippen molar-refractivity contribution >= 4 is 11.3 Å². The van der Waals surface area contributed by atoms with Crippen LogP contribution in [0.4, 0.5) is 0 Å². The fourth-order valence-electron chi connectivity index (χ4n) is 3.43. The summed E-state index contributed by atoms with van der Waals surface area (Å²) in [5.74, 6) is 2.16. The fraction of sp³-hybridized carbons (Fsp3) is 0.800. The van der Waals surface area contributed by atoms with Crippen molar-refractivity contribution in [2.24, 2.45) is 23.5 Å². The molecule has 0 saturated heterocycles. The molecule has 0 bridgehead atoms. The van der Waals surface area contributed by atoms with Gasteiger partial charge in [-0.25, -0.2) is 4.98 Å². The van der Waals surface area contributed by atoms with Crippen molar-refractivity contribution in [3.8, 4) is 0 Å². The summed E-state index contributed by atoms with van der Waals surface area (Å²) in [6, 6.07) is 0.365. The van der Waals surface area contributed by atoms with Crippen LogP contribution in [0.1, 0.15) is 37.3 Å². The predicted octanol–water partition coefficient (Wildman–Crippen LogP) is 2.89. The lowest BCUT2D eigenvalue weighted by Crippen LogP contribution is -2.45. The molecule has 1 heterocycles. The molecule has 1 saturated carbocycles. The smallest absolute Gasteiger partial charge is 0.0798 e. The molecule has 0 aliphatic heterocycles. The molecule has 3 nitrogen and oxygen atoms in total. The number of rotatable bonds is 4. The topological polar surface area (TPSA) is 42.2 Å². The van der Waals surface area contributed by atoms with Gasteiger partial charge in [-0.1, -0.05) is 13.8 Å². The highest BCUT2D eigenvalue weighted by molar-refractivity contribution is 7.09. The molecule has 1 aliphatic carbocycles. The Kier molecular flexibility index (Phi) is 4.98. The van der Waals surface area contributed by atoms with Crippen molar-refractivity contribution in [3.63, 3.8) is 0 Å². The second-order valence-electron chi connectivity index (χ2n) is 6.44. The minimum Gasteiger partial charge on any atom is -0.327 e. The summed E-state index contributed by atoms with van der Waals surface area (Å²) in [6.45, 7) is 8.90. The highest BCUT2D eigenvalue weighted by Crippen LogP contribution is 2.33. The first kappa shape index (κ1) is 14.9. The lowest BCUT2D eigenvalue weighted by atomic mass is 9.72. The molecule has 1 aromatic rings. The minimum atomic E-state index is 0.365. The van der Waals surface area contributed by atoms with Gasteiger partial charge in [0.25, 0.3) is 0 Å². The van der Waals surface area contributed by atoms with E-state index in [9.17, 15) is 0 Å². The van der Waals surface area contributed by atoms with Crippen molar-refractivity contribution in [2.45, 2.75) is 46.2 Å². The monoisotopic (exact) mass is 281 g/mol. The van der Waals surface area contributed by atoms with Crippen molar-refractivity contribution < 1.29 is 0 Å². The number of aryl methyl sites for hydroxylation is 1. The maximum atomic E-state index is 6.37. The number of hydrogen-bond donors (Lipinski definition) is 1. The highest BCUT2D eigenvalue weighted by Gasteiger charge is 2.32. The first-order valence-electron chi connectivity index (χ1n) is 7.30. The van der Waals surface area contributed by atoms with Gasteiger partial charge < -0.3 is 10.6 Å². The zero-order valence-corrected chi connectivity index (χ0v) is 13.4. The quantitative estimate of drug-likeness (QED) is 0.922. The Morgan fingerprint density at radius 3 is 2.74 bits per heavy atom. The van der Waals surface area contributed by atoms with E-state index in [-0.39, 0.29) is 0 Å². The molecule has 2 rings (SSSR count). The molecule has 4 unspecified atom stereocenters. The standard InChI is InChI=1S/C15H27N3S/c1-10-5-11(2)13(14(16)6-10)7-18(4)8-15-12(3)17-9-19-15/h9-11,13-14H,5-8,16H2,1-4H3. The van der Waals surface area contributed by atoms with Crippen molar-refractivity contribution in [3.05, 3.63) is 16.1 Å². The van der Waals surface area contributed by atoms with Crippen LogP contribution in [0.2, 0.25) is 0 Å². The fourth-order valence-corrected chi connectivity index (χ4v) is 4.29. The second-order valence-corrected chi connectivity index (χ2v) is 7.38. The average Bonchev–Trinajstić information content (AvgIpc) is 2.69. The van der Waals surface area contributed by atoms with E-state index in [1.54, 1.807) is 11.3 Å². The van der Waals surface area contributed by atoms with Gasteiger partial charge in [-0.2, -0.15) is 0 Å². The highest BCUT2D eigenvalue weighted by atomic mass is 32.1. The summed E-state index contributed by atoms with van der Waals surface area (Å²) >= 11 is 1.76. The van der Waals surface area contributed by atoms with E-state index in [4.69, 9.17) is 5.73 Å². The molecule has 4 heteroatoms. The molecule has 0 spiro atoms. The van der Waals surface area contributed by atoms with E-state index in [0.717, 1.165) is 24.9 Å². The molecule has 19 heavy (non-hydrogen) atoms. The summed E-state index contributed by atoms with van der Waals surface area (Å²) in [7, 11) is 2.20. The maximum Gasteiger partial charge on any atom is 0.0798 e. The van der Waals surface area contributed by atoms with Crippen LogP contribution >= 0.6 is 11.3 Å². The zero-order chi connectivity index (χ0) is 14.0. The van der Waals surface area contributed by atoms with Gasteiger partial charge in [-0.3, -0.25) is 0 Å². The molecular formula is C15H27N3S. The molecule has 0 amide bonds. The normalized spacial score (nSPS) is 31.9. The Labute approximate surface area is 121 Å². The molecule has 1 fully saturated rings. The van der Waals surface area contributed by atoms with Crippen LogP contribution in [0.25, 0.3) is 0 Å². The summed E-state index contributed by atoms with van der Waals surface area (Å²) in [4.78, 5) is 8.12. The molecule has 108 valence electrons. The third kappa shape index (κ3) is 3.77. The van der Waals surface area contributed by atoms with Crippen molar-refractivity contribution in [1.29, 1.82) is 0 Å².